The molecule has 0 aliphatic heterocycles. The number of carbonyl (C=O) groups is 3. The Kier molecular flexibility index (Phi) is 9.92. The van der Waals surface area contributed by atoms with Crippen LogP contribution < -0.4 is 10.6 Å². The molecule has 0 aromatic heterocycles. The normalized spacial score (nSPS) is 13.4. The molecule has 9 heteroatoms. The van der Waals surface area contributed by atoms with E-state index in [9.17, 15) is 24.8 Å². The van der Waals surface area contributed by atoms with E-state index in [0.29, 0.717) is 5.56 Å². The molecule has 0 heterocycles. The van der Waals surface area contributed by atoms with Crippen molar-refractivity contribution in [3.63, 3.8) is 0 Å². The topological polar surface area (TPSA) is 132 Å². The van der Waals surface area contributed by atoms with Gasteiger partial charge in [0.05, 0.1) is 6.07 Å². The van der Waals surface area contributed by atoms with Crippen LogP contribution in [0.3, 0.4) is 0 Å². The molecule has 0 spiro atoms. The van der Waals surface area contributed by atoms with Crippen LogP contribution >= 0.6 is 0 Å². The molecular formula is C25H38N4O5. The highest BCUT2D eigenvalue weighted by Gasteiger charge is 2.37. The molecule has 1 rings (SSSR count). The summed E-state index contributed by atoms with van der Waals surface area (Å²) in [5, 5.41) is 25.0. The molecule has 0 fully saturated rings. The number of phenols is 1. The number of amides is 3. The highest BCUT2D eigenvalue weighted by molar-refractivity contribution is 5.92. The molecule has 0 saturated carbocycles. The molecule has 2 atom stereocenters. The van der Waals surface area contributed by atoms with Gasteiger partial charge in [0.1, 0.15) is 30.0 Å². The molecule has 0 aliphatic rings. The average molecular weight is 475 g/mol. The lowest BCUT2D eigenvalue weighted by Crippen LogP contribution is -2.55. The second-order valence-electron chi connectivity index (χ2n) is 10.7. The summed E-state index contributed by atoms with van der Waals surface area (Å²) in [6.45, 7) is 13.9. The number of aromatic hydroxyl groups is 1. The fourth-order valence-electron chi connectivity index (χ4n) is 3.32. The Morgan fingerprint density at radius 3 is 2.24 bits per heavy atom. The zero-order valence-electron chi connectivity index (χ0n) is 21.4. The van der Waals surface area contributed by atoms with Crippen molar-refractivity contribution in [1.82, 2.24) is 15.5 Å². The zero-order valence-corrected chi connectivity index (χ0v) is 21.4. The monoisotopic (exact) mass is 474 g/mol. The largest absolute Gasteiger partial charge is 0.508 e. The summed E-state index contributed by atoms with van der Waals surface area (Å²) in [5.41, 5.74) is -1.04. The van der Waals surface area contributed by atoms with Crippen LogP contribution in [0.5, 0.6) is 5.75 Å². The molecule has 1 aromatic rings. The minimum absolute atomic E-state index is 0.0236. The van der Waals surface area contributed by atoms with Gasteiger partial charge in [-0.05, 0) is 71.6 Å². The summed E-state index contributed by atoms with van der Waals surface area (Å²) < 4.78 is 5.32. The van der Waals surface area contributed by atoms with E-state index in [2.05, 4.69) is 10.6 Å². The number of carbonyl (C=O) groups excluding carboxylic acids is 3. The molecule has 1 aromatic carbocycles. The predicted molar refractivity (Wildman–Crippen MR) is 129 cm³/mol. The molecule has 9 nitrogen and oxygen atoms in total. The lowest BCUT2D eigenvalue weighted by Gasteiger charge is -2.35. The first-order valence-corrected chi connectivity index (χ1v) is 11.3. The lowest BCUT2D eigenvalue weighted by atomic mass is 9.98. The van der Waals surface area contributed by atoms with E-state index in [0.717, 1.165) is 4.90 Å². The summed E-state index contributed by atoms with van der Waals surface area (Å²) in [5.74, 6) is -1.17. The summed E-state index contributed by atoms with van der Waals surface area (Å²) in [6.07, 6.45) is -0.496. The van der Waals surface area contributed by atoms with Gasteiger partial charge in [-0.2, -0.15) is 5.26 Å². The first-order chi connectivity index (χ1) is 15.5. The minimum atomic E-state index is -1.20. The van der Waals surface area contributed by atoms with Gasteiger partial charge in [-0.1, -0.05) is 26.0 Å². The zero-order chi connectivity index (χ0) is 26.3. The maximum atomic E-state index is 13.7. The maximum Gasteiger partial charge on any atom is 0.408 e. The Morgan fingerprint density at radius 2 is 1.76 bits per heavy atom. The number of phenolic OH excluding ortho intramolecular Hbond substituents is 1. The van der Waals surface area contributed by atoms with Gasteiger partial charge in [-0.15, -0.1) is 0 Å². The van der Waals surface area contributed by atoms with E-state index in [1.807, 2.05) is 19.9 Å². The molecule has 34 heavy (non-hydrogen) atoms. The third-order valence-electron chi connectivity index (χ3n) is 4.46. The van der Waals surface area contributed by atoms with E-state index < -0.39 is 47.7 Å². The Hall–Kier alpha value is -3.28. The van der Waals surface area contributed by atoms with E-state index in [1.54, 1.807) is 53.7 Å². The number of benzene rings is 1. The van der Waals surface area contributed by atoms with Crippen LogP contribution in [0.1, 0.15) is 73.4 Å². The van der Waals surface area contributed by atoms with Crippen molar-refractivity contribution in [1.29, 1.82) is 5.26 Å². The minimum Gasteiger partial charge on any atom is -0.508 e. The Labute approximate surface area is 202 Å². The smallest absolute Gasteiger partial charge is 0.408 e. The molecular weight excluding hydrogens is 436 g/mol. The van der Waals surface area contributed by atoms with Gasteiger partial charge in [0, 0.05) is 5.54 Å². The number of ether oxygens (including phenoxy) is 1. The summed E-state index contributed by atoms with van der Waals surface area (Å²) in [6, 6.07) is 5.71. The molecule has 0 aliphatic carbocycles. The number of hydrogen-bond acceptors (Lipinski definition) is 6. The number of hydrogen-bond donors (Lipinski definition) is 3. The first-order valence-electron chi connectivity index (χ1n) is 11.3. The van der Waals surface area contributed by atoms with Gasteiger partial charge in [0.25, 0.3) is 0 Å². The quantitative estimate of drug-likeness (QED) is 0.493. The average Bonchev–Trinajstić information content (AvgIpc) is 2.63. The van der Waals surface area contributed by atoms with Gasteiger partial charge < -0.3 is 25.4 Å². The SMILES string of the molecule is CC(C)CC(NC(=O)OC(C)(C)C)C(=O)N(CC#N)C(C(=O)NC(C)(C)C)c1cccc(O)c1. The van der Waals surface area contributed by atoms with Crippen LogP contribution in [0.25, 0.3) is 0 Å². The van der Waals surface area contributed by atoms with Gasteiger partial charge in [-0.25, -0.2) is 4.79 Å². The van der Waals surface area contributed by atoms with E-state index in [-0.39, 0.29) is 18.1 Å². The van der Waals surface area contributed by atoms with Gasteiger partial charge in [0.15, 0.2) is 0 Å². The molecule has 188 valence electrons. The second kappa shape index (κ2) is 11.7. The van der Waals surface area contributed by atoms with Crippen LogP contribution in [-0.2, 0) is 14.3 Å². The van der Waals surface area contributed by atoms with Gasteiger partial charge in [-0.3, -0.25) is 9.59 Å². The van der Waals surface area contributed by atoms with E-state index >= 15 is 0 Å². The van der Waals surface area contributed by atoms with Crippen molar-refractivity contribution in [2.45, 2.75) is 85.0 Å². The van der Waals surface area contributed by atoms with Crippen LogP contribution in [0.15, 0.2) is 24.3 Å². The van der Waals surface area contributed by atoms with E-state index in [1.165, 1.54) is 12.1 Å². The predicted octanol–water partition coefficient (Wildman–Crippen LogP) is 3.64. The molecule has 3 amide bonds. The van der Waals surface area contributed by atoms with Crippen LogP contribution in [0, 0.1) is 17.2 Å². The molecule has 2 unspecified atom stereocenters. The number of alkyl carbamates (subject to hydrolysis) is 1. The van der Waals surface area contributed by atoms with Crippen molar-refractivity contribution >= 4 is 17.9 Å². The Bertz CT molecular complexity index is 909. The van der Waals surface area contributed by atoms with Crippen LogP contribution in [0.2, 0.25) is 0 Å². The highest BCUT2D eigenvalue weighted by atomic mass is 16.6. The van der Waals surface area contributed by atoms with E-state index in [4.69, 9.17) is 4.74 Å². The third-order valence-corrected chi connectivity index (χ3v) is 4.46. The van der Waals surface area contributed by atoms with Crippen molar-refractivity contribution in [2.75, 3.05) is 6.54 Å². The Morgan fingerprint density at radius 1 is 1.15 bits per heavy atom. The fraction of sp³-hybridized carbons (Fsp3) is 0.600. The fourth-order valence-corrected chi connectivity index (χ4v) is 3.32. The number of rotatable bonds is 8. The maximum absolute atomic E-state index is 13.7. The van der Waals surface area contributed by atoms with Gasteiger partial charge in [0.2, 0.25) is 11.8 Å². The van der Waals surface area contributed by atoms with Crippen molar-refractivity contribution < 1.29 is 24.2 Å². The van der Waals surface area contributed by atoms with Crippen molar-refractivity contribution in [3.05, 3.63) is 29.8 Å². The lowest BCUT2D eigenvalue weighted by molar-refractivity contribution is -0.142. The number of nitriles is 1. The molecule has 0 bridgehead atoms. The Balaban J connectivity index is 3.47. The summed E-state index contributed by atoms with van der Waals surface area (Å²) in [4.78, 5) is 40.6. The van der Waals surface area contributed by atoms with Crippen molar-refractivity contribution in [3.8, 4) is 11.8 Å². The molecule has 0 radical (unpaired) electrons. The van der Waals surface area contributed by atoms with Crippen molar-refractivity contribution in [2.24, 2.45) is 5.92 Å². The molecule has 0 saturated heterocycles. The summed E-state index contributed by atoms with van der Waals surface area (Å²) in [7, 11) is 0. The first kappa shape index (κ1) is 28.8. The second-order valence-corrected chi connectivity index (χ2v) is 10.7. The summed E-state index contributed by atoms with van der Waals surface area (Å²) >= 11 is 0. The standard InChI is InChI=1S/C25H38N4O5/c1-16(2)14-19(27-23(33)34-25(6,7)8)22(32)29(13-12-26)20(21(31)28-24(3,4)5)17-10-9-11-18(30)15-17/h9-11,15-16,19-20,30H,13-14H2,1-8H3,(H,27,33)(H,28,31). The van der Waals surface area contributed by atoms with Crippen LogP contribution in [0.4, 0.5) is 4.79 Å². The number of nitrogens with one attached hydrogen (secondary N) is 2. The highest BCUT2D eigenvalue weighted by Crippen LogP contribution is 2.27. The molecule has 3 N–H and O–H groups in total. The van der Waals surface area contributed by atoms with Crippen LogP contribution in [-0.4, -0.2) is 51.6 Å². The van der Waals surface area contributed by atoms with Gasteiger partial charge >= 0.3 is 6.09 Å². The third kappa shape index (κ3) is 9.69. The number of nitrogens with zero attached hydrogens (tertiary/aromatic N) is 2.